The van der Waals surface area contributed by atoms with Crippen LogP contribution in [0, 0.1) is 11.7 Å². The molecule has 0 radical (unpaired) electrons. The lowest BCUT2D eigenvalue weighted by molar-refractivity contribution is -0.156. The van der Waals surface area contributed by atoms with Crippen molar-refractivity contribution in [1.82, 2.24) is 10.4 Å². The molecule has 0 saturated carbocycles. The Morgan fingerprint density at radius 3 is 2.67 bits per heavy atom. The van der Waals surface area contributed by atoms with Gasteiger partial charge in [0, 0.05) is 6.42 Å². The van der Waals surface area contributed by atoms with Crippen LogP contribution in [0.1, 0.15) is 12.0 Å². The van der Waals surface area contributed by atoms with Gasteiger partial charge in [0.1, 0.15) is 5.82 Å². The van der Waals surface area contributed by atoms with Crippen LogP contribution in [-0.2, 0) is 25.5 Å². The van der Waals surface area contributed by atoms with E-state index in [0.717, 1.165) is 5.01 Å². The Bertz CT molecular complexity index is 559. The van der Waals surface area contributed by atoms with Crippen molar-refractivity contribution in [1.29, 1.82) is 0 Å². The van der Waals surface area contributed by atoms with E-state index in [1.165, 1.54) is 31.4 Å². The molecule has 1 atom stereocenters. The van der Waals surface area contributed by atoms with Gasteiger partial charge in [-0.05, 0) is 17.7 Å². The summed E-state index contributed by atoms with van der Waals surface area (Å²) in [6.07, 6.45) is 0.00144. The summed E-state index contributed by atoms with van der Waals surface area (Å²) in [6.45, 7) is 0.0679. The van der Waals surface area contributed by atoms with Gasteiger partial charge in [0.2, 0.25) is 11.8 Å². The van der Waals surface area contributed by atoms with Gasteiger partial charge in [-0.25, -0.2) is 4.39 Å². The Morgan fingerprint density at radius 1 is 1.38 bits per heavy atom. The van der Waals surface area contributed by atoms with Crippen molar-refractivity contribution < 1.29 is 23.5 Å². The normalized spacial score (nSPS) is 18.1. The van der Waals surface area contributed by atoms with Gasteiger partial charge in [-0.2, -0.15) is 0 Å². The first kappa shape index (κ1) is 15.0. The van der Waals surface area contributed by atoms with Crippen molar-refractivity contribution in [2.75, 3.05) is 13.7 Å². The van der Waals surface area contributed by atoms with Gasteiger partial charge in [-0.15, -0.1) is 0 Å². The molecule has 0 aliphatic carbocycles. The number of carbonyl (C=O) groups excluding carboxylic acids is 3. The predicted molar refractivity (Wildman–Crippen MR) is 70.1 cm³/mol. The third kappa shape index (κ3) is 3.77. The number of amides is 2. The first-order valence-corrected chi connectivity index (χ1v) is 6.41. The molecule has 1 unspecified atom stereocenters. The standard InChI is InChI=1S/C14H15FN2O4/c1-21-14(20)10-7-12(18)16-17(8-10)13(19)6-9-2-4-11(15)5-3-9/h2-5,10H,6-8H2,1H3,(H,16,18). The molecule has 7 heteroatoms. The van der Waals surface area contributed by atoms with E-state index in [2.05, 4.69) is 10.2 Å². The van der Waals surface area contributed by atoms with Crippen LogP contribution in [0.25, 0.3) is 0 Å². The van der Waals surface area contributed by atoms with Gasteiger partial charge < -0.3 is 4.74 Å². The lowest BCUT2D eigenvalue weighted by Gasteiger charge is -2.31. The number of hydrogen-bond donors (Lipinski definition) is 1. The van der Waals surface area contributed by atoms with Crippen molar-refractivity contribution in [3.05, 3.63) is 35.6 Å². The summed E-state index contributed by atoms with van der Waals surface area (Å²) in [5, 5.41) is 1.11. The van der Waals surface area contributed by atoms with E-state index in [1.54, 1.807) is 0 Å². The second-order valence-corrected chi connectivity index (χ2v) is 4.77. The Balaban J connectivity index is 2.02. The van der Waals surface area contributed by atoms with Crippen LogP contribution in [0.5, 0.6) is 0 Å². The Morgan fingerprint density at radius 2 is 2.05 bits per heavy atom. The van der Waals surface area contributed by atoms with Crippen molar-refractivity contribution in [3.63, 3.8) is 0 Å². The number of halogens is 1. The maximum atomic E-state index is 12.8. The molecule has 1 saturated heterocycles. The summed E-state index contributed by atoms with van der Waals surface area (Å²) in [5.41, 5.74) is 3.04. The van der Waals surface area contributed by atoms with Crippen molar-refractivity contribution in [2.45, 2.75) is 12.8 Å². The van der Waals surface area contributed by atoms with Crippen molar-refractivity contribution in [2.24, 2.45) is 5.92 Å². The average molecular weight is 294 g/mol. The molecule has 1 aromatic carbocycles. The third-order valence-electron chi connectivity index (χ3n) is 3.20. The molecule has 2 rings (SSSR count). The van der Waals surface area contributed by atoms with E-state index >= 15 is 0 Å². The van der Waals surface area contributed by atoms with E-state index in [1.807, 2.05) is 0 Å². The minimum atomic E-state index is -0.666. The number of methoxy groups -OCH3 is 1. The Labute approximate surface area is 120 Å². The highest BCUT2D eigenvalue weighted by Gasteiger charge is 2.33. The fourth-order valence-electron chi connectivity index (χ4n) is 2.11. The van der Waals surface area contributed by atoms with Crippen LogP contribution in [-0.4, -0.2) is 36.4 Å². The minimum Gasteiger partial charge on any atom is -0.469 e. The van der Waals surface area contributed by atoms with Gasteiger partial charge in [0.15, 0.2) is 0 Å². The van der Waals surface area contributed by atoms with Gasteiger partial charge in [-0.1, -0.05) is 12.1 Å². The first-order chi connectivity index (χ1) is 9.99. The smallest absolute Gasteiger partial charge is 0.311 e. The van der Waals surface area contributed by atoms with E-state index in [9.17, 15) is 18.8 Å². The molecule has 1 fully saturated rings. The Kier molecular flexibility index (Phi) is 4.52. The molecule has 0 spiro atoms. The van der Waals surface area contributed by atoms with E-state index < -0.39 is 17.8 Å². The number of nitrogens with zero attached hydrogens (tertiary/aromatic N) is 1. The lowest BCUT2D eigenvalue weighted by atomic mass is 10.0. The summed E-state index contributed by atoms with van der Waals surface area (Å²) in [4.78, 5) is 35.2. The number of hydrazine groups is 1. The summed E-state index contributed by atoms with van der Waals surface area (Å²) in [6, 6.07) is 5.51. The number of carbonyl (C=O) groups is 3. The number of benzene rings is 1. The van der Waals surface area contributed by atoms with E-state index in [4.69, 9.17) is 0 Å². The number of hydrogen-bond acceptors (Lipinski definition) is 4. The molecule has 1 aliphatic heterocycles. The number of ether oxygens (including phenoxy) is 1. The van der Waals surface area contributed by atoms with Gasteiger partial charge in [0.25, 0.3) is 0 Å². The zero-order valence-corrected chi connectivity index (χ0v) is 11.5. The van der Waals surface area contributed by atoms with Crippen molar-refractivity contribution >= 4 is 17.8 Å². The molecular weight excluding hydrogens is 279 g/mol. The lowest BCUT2D eigenvalue weighted by Crippen LogP contribution is -2.55. The first-order valence-electron chi connectivity index (χ1n) is 6.41. The van der Waals surface area contributed by atoms with Crippen LogP contribution >= 0.6 is 0 Å². The quantitative estimate of drug-likeness (QED) is 0.820. The molecule has 1 N–H and O–H groups in total. The largest absolute Gasteiger partial charge is 0.469 e. The van der Waals surface area contributed by atoms with Crippen LogP contribution in [0.2, 0.25) is 0 Å². The highest BCUT2D eigenvalue weighted by Crippen LogP contribution is 2.14. The fourth-order valence-corrected chi connectivity index (χ4v) is 2.11. The predicted octanol–water partition coefficient (Wildman–Crippen LogP) is 0.421. The van der Waals surface area contributed by atoms with Crippen LogP contribution < -0.4 is 5.43 Å². The SMILES string of the molecule is COC(=O)C1CC(=O)NN(C(=O)Cc2ccc(F)cc2)C1. The van der Waals surface area contributed by atoms with Crippen LogP contribution in [0.4, 0.5) is 4.39 Å². The van der Waals surface area contributed by atoms with Gasteiger partial charge in [-0.3, -0.25) is 24.8 Å². The van der Waals surface area contributed by atoms with E-state index in [0.29, 0.717) is 5.56 Å². The maximum Gasteiger partial charge on any atom is 0.311 e. The molecule has 112 valence electrons. The van der Waals surface area contributed by atoms with Gasteiger partial charge >= 0.3 is 5.97 Å². The number of esters is 1. The van der Waals surface area contributed by atoms with Crippen LogP contribution in [0.3, 0.4) is 0 Å². The zero-order valence-electron chi connectivity index (χ0n) is 11.5. The molecule has 1 heterocycles. The number of nitrogens with one attached hydrogen (secondary N) is 1. The van der Waals surface area contributed by atoms with Crippen molar-refractivity contribution in [3.8, 4) is 0 Å². The van der Waals surface area contributed by atoms with E-state index in [-0.39, 0.29) is 31.1 Å². The second kappa shape index (κ2) is 6.34. The van der Waals surface area contributed by atoms with Gasteiger partial charge in [0.05, 0.1) is 26.0 Å². The topological polar surface area (TPSA) is 75.7 Å². The third-order valence-corrected chi connectivity index (χ3v) is 3.20. The molecule has 0 aromatic heterocycles. The molecular formula is C14H15FN2O4. The summed E-state index contributed by atoms with van der Waals surface area (Å²) in [5.74, 6) is -2.36. The second-order valence-electron chi connectivity index (χ2n) is 4.77. The highest BCUT2D eigenvalue weighted by atomic mass is 19.1. The summed E-state index contributed by atoms with van der Waals surface area (Å²) >= 11 is 0. The molecule has 1 aromatic rings. The fraction of sp³-hybridized carbons (Fsp3) is 0.357. The zero-order chi connectivity index (χ0) is 15.4. The number of rotatable bonds is 3. The average Bonchev–Trinajstić information content (AvgIpc) is 2.48. The Hall–Kier alpha value is -2.44. The molecule has 0 bridgehead atoms. The maximum absolute atomic E-state index is 12.8. The monoisotopic (exact) mass is 294 g/mol. The molecule has 21 heavy (non-hydrogen) atoms. The summed E-state index contributed by atoms with van der Waals surface area (Å²) in [7, 11) is 1.24. The molecule has 2 amide bonds. The van der Waals surface area contributed by atoms with Crippen LogP contribution in [0.15, 0.2) is 24.3 Å². The minimum absolute atomic E-state index is 0.00694. The summed E-state index contributed by atoms with van der Waals surface area (Å²) < 4.78 is 17.4. The highest BCUT2D eigenvalue weighted by molar-refractivity contribution is 5.88. The molecule has 6 nitrogen and oxygen atoms in total. The molecule has 1 aliphatic rings.